The molecule has 2 rings (SSSR count). The molecule has 5 nitrogen and oxygen atoms in total. The first-order chi connectivity index (χ1) is 12.1. The molecule has 0 bridgehead atoms. The Labute approximate surface area is 155 Å². The van der Waals surface area contributed by atoms with E-state index in [0.29, 0.717) is 18.7 Å². The zero-order valence-corrected chi connectivity index (χ0v) is 15.5. The van der Waals surface area contributed by atoms with Crippen LogP contribution in [-0.2, 0) is 20.7 Å². The van der Waals surface area contributed by atoms with Crippen LogP contribution in [0.3, 0.4) is 0 Å². The van der Waals surface area contributed by atoms with Crippen molar-refractivity contribution in [3.8, 4) is 5.75 Å². The summed E-state index contributed by atoms with van der Waals surface area (Å²) in [5.41, 5.74) is 1.59. The normalized spacial score (nSPS) is 10.2. The van der Waals surface area contributed by atoms with E-state index in [2.05, 4.69) is 21.2 Å². The molecular weight excluding hydrogens is 386 g/mol. The highest BCUT2D eigenvalue weighted by atomic mass is 79.9. The SMILES string of the molecule is CCOc1ccccc1CCC(=O)OCC(=O)Nc1ccc(Br)cc1. The number of ether oxygens (including phenoxy) is 2. The van der Waals surface area contributed by atoms with Gasteiger partial charge in [0, 0.05) is 16.6 Å². The van der Waals surface area contributed by atoms with E-state index >= 15 is 0 Å². The smallest absolute Gasteiger partial charge is 0.306 e. The van der Waals surface area contributed by atoms with E-state index in [1.54, 1.807) is 12.1 Å². The summed E-state index contributed by atoms with van der Waals surface area (Å²) in [4.78, 5) is 23.6. The van der Waals surface area contributed by atoms with Crippen LogP contribution >= 0.6 is 15.9 Å². The lowest BCUT2D eigenvalue weighted by Gasteiger charge is -2.10. The molecule has 0 saturated carbocycles. The van der Waals surface area contributed by atoms with Crippen LogP contribution in [0.5, 0.6) is 5.75 Å². The van der Waals surface area contributed by atoms with E-state index in [4.69, 9.17) is 9.47 Å². The van der Waals surface area contributed by atoms with Gasteiger partial charge in [0.15, 0.2) is 6.61 Å². The van der Waals surface area contributed by atoms with Crippen molar-refractivity contribution in [2.75, 3.05) is 18.5 Å². The number of hydrogen-bond donors (Lipinski definition) is 1. The Morgan fingerprint density at radius 2 is 1.80 bits per heavy atom. The van der Waals surface area contributed by atoms with Crippen molar-refractivity contribution in [3.63, 3.8) is 0 Å². The number of para-hydroxylation sites is 1. The number of esters is 1. The Morgan fingerprint density at radius 1 is 1.08 bits per heavy atom. The predicted molar refractivity (Wildman–Crippen MR) is 99.7 cm³/mol. The minimum Gasteiger partial charge on any atom is -0.494 e. The number of halogens is 1. The Kier molecular flexibility index (Phi) is 7.47. The van der Waals surface area contributed by atoms with E-state index < -0.39 is 5.97 Å². The molecule has 0 aliphatic heterocycles. The molecule has 0 heterocycles. The van der Waals surface area contributed by atoms with Crippen LogP contribution in [0.4, 0.5) is 5.69 Å². The van der Waals surface area contributed by atoms with Gasteiger partial charge in [-0.3, -0.25) is 9.59 Å². The first kappa shape index (κ1) is 19.0. The van der Waals surface area contributed by atoms with Crippen molar-refractivity contribution < 1.29 is 19.1 Å². The molecule has 25 heavy (non-hydrogen) atoms. The number of aryl methyl sites for hydroxylation is 1. The average Bonchev–Trinajstić information content (AvgIpc) is 2.61. The van der Waals surface area contributed by atoms with E-state index in [9.17, 15) is 9.59 Å². The Morgan fingerprint density at radius 3 is 2.52 bits per heavy atom. The number of hydrogen-bond acceptors (Lipinski definition) is 4. The number of benzene rings is 2. The summed E-state index contributed by atoms with van der Waals surface area (Å²) in [5.74, 6) is -0.0200. The molecule has 0 atom stereocenters. The maximum Gasteiger partial charge on any atom is 0.306 e. The van der Waals surface area contributed by atoms with Crippen molar-refractivity contribution in [2.45, 2.75) is 19.8 Å². The third kappa shape index (κ3) is 6.58. The maximum atomic E-state index is 11.8. The maximum absolute atomic E-state index is 11.8. The molecule has 2 aromatic rings. The molecule has 0 spiro atoms. The third-order valence-corrected chi connectivity index (χ3v) is 3.89. The van der Waals surface area contributed by atoms with Gasteiger partial charge in [-0.1, -0.05) is 34.1 Å². The molecule has 0 fully saturated rings. The molecule has 0 radical (unpaired) electrons. The average molecular weight is 406 g/mol. The Balaban J connectivity index is 1.75. The van der Waals surface area contributed by atoms with Gasteiger partial charge in [0.1, 0.15) is 5.75 Å². The molecule has 1 amide bonds. The lowest BCUT2D eigenvalue weighted by atomic mass is 10.1. The highest BCUT2D eigenvalue weighted by Crippen LogP contribution is 2.19. The van der Waals surface area contributed by atoms with E-state index in [0.717, 1.165) is 15.8 Å². The standard InChI is InChI=1S/C19H20BrNO4/c1-2-24-17-6-4-3-5-14(17)7-12-19(23)25-13-18(22)21-16-10-8-15(20)9-11-16/h3-6,8-11H,2,7,12-13H2,1H3,(H,21,22). The second-order valence-corrected chi connectivity index (χ2v) is 6.17. The molecule has 1 N–H and O–H groups in total. The minimum atomic E-state index is -0.419. The highest BCUT2D eigenvalue weighted by Gasteiger charge is 2.10. The summed E-state index contributed by atoms with van der Waals surface area (Å²) in [5, 5.41) is 2.67. The zero-order valence-electron chi connectivity index (χ0n) is 14.0. The summed E-state index contributed by atoms with van der Waals surface area (Å²) >= 11 is 3.32. The molecule has 0 aliphatic rings. The molecule has 132 valence electrons. The quantitative estimate of drug-likeness (QED) is 0.674. The summed E-state index contributed by atoms with van der Waals surface area (Å²) in [6.07, 6.45) is 0.693. The first-order valence-corrected chi connectivity index (χ1v) is 8.79. The molecule has 0 aromatic heterocycles. The lowest BCUT2D eigenvalue weighted by molar-refractivity contribution is -0.147. The van der Waals surface area contributed by atoms with Crippen LogP contribution in [0.25, 0.3) is 0 Å². The molecular formula is C19H20BrNO4. The number of anilines is 1. The van der Waals surface area contributed by atoms with Crippen molar-refractivity contribution in [2.24, 2.45) is 0 Å². The van der Waals surface area contributed by atoms with Crippen molar-refractivity contribution in [1.82, 2.24) is 0 Å². The number of carbonyl (C=O) groups is 2. The van der Waals surface area contributed by atoms with Crippen molar-refractivity contribution in [1.29, 1.82) is 0 Å². The second kappa shape index (κ2) is 9.84. The van der Waals surface area contributed by atoms with Crippen LogP contribution in [0, 0.1) is 0 Å². The van der Waals surface area contributed by atoms with Gasteiger partial charge in [0.2, 0.25) is 0 Å². The van der Waals surface area contributed by atoms with E-state index in [-0.39, 0.29) is 18.9 Å². The van der Waals surface area contributed by atoms with Gasteiger partial charge >= 0.3 is 5.97 Å². The molecule has 0 aliphatic carbocycles. The van der Waals surface area contributed by atoms with Gasteiger partial charge < -0.3 is 14.8 Å². The lowest BCUT2D eigenvalue weighted by Crippen LogP contribution is -2.21. The topological polar surface area (TPSA) is 64.6 Å². The first-order valence-electron chi connectivity index (χ1n) is 8.00. The molecule has 2 aromatic carbocycles. The van der Waals surface area contributed by atoms with Crippen molar-refractivity contribution >= 4 is 33.5 Å². The van der Waals surface area contributed by atoms with Gasteiger partial charge in [0.25, 0.3) is 5.91 Å². The summed E-state index contributed by atoms with van der Waals surface area (Å²) in [6, 6.07) is 14.7. The fraction of sp³-hybridized carbons (Fsp3) is 0.263. The van der Waals surface area contributed by atoms with Crippen LogP contribution in [-0.4, -0.2) is 25.1 Å². The van der Waals surface area contributed by atoms with Crippen LogP contribution in [0.1, 0.15) is 18.9 Å². The predicted octanol–water partition coefficient (Wildman–Crippen LogP) is 3.96. The molecule has 0 saturated heterocycles. The van der Waals surface area contributed by atoms with Crippen LogP contribution in [0.15, 0.2) is 53.0 Å². The third-order valence-electron chi connectivity index (χ3n) is 3.36. The summed E-state index contributed by atoms with van der Waals surface area (Å²) in [7, 11) is 0. The molecule has 0 unspecified atom stereocenters. The van der Waals surface area contributed by atoms with Gasteiger partial charge in [-0.25, -0.2) is 0 Å². The second-order valence-electron chi connectivity index (χ2n) is 5.26. The summed E-state index contributed by atoms with van der Waals surface area (Å²) in [6.45, 7) is 2.18. The van der Waals surface area contributed by atoms with Gasteiger partial charge in [-0.2, -0.15) is 0 Å². The Bertz CT molecular complexity index is 716. The zero-order chi connectivity index (χ0) is 18.1. The van der Waals surface area contributed by atoms with Crippen molar-refractivity contribution in [3.05, 3.63) is 58.6 Å². The number of amides is 1. The fourth-order valence-electron chi connectivity index (χ4n) is 2.19. The minimum absolute atomic E-state index is 0.190. The monoisotopic (exact) mass is 405 g/mol. The largest absolute Gasteiger partial charge is 0.494 e. The number of rotatable bonds is 8. The fourth-order valence-corrected chi connectivity index (χ4v) is 2.46. The Hall–Kier alpha value is -2.34. The van der Waals surface area contributed by atoms with Crippen LogP contribution in [0.2, 0.25) is 0 Å². The van der Waals surface area contributed by atoms with Gasteiger partial charge in [-0.05, 0) is 49.2 Å². The highest BCUT2D eigenvalue weighted by molar-refractivity contribution is 9.10. The van der Waals surface area contributed by atoms with Gasteiger partial charge in [0.05, 0.1) is 6.61 Å². The van der Waals surface area contributed by atoms with E-state index in [1.807, 2.05) is 43.3 Å². The molecule has 6 heteroatoms. The van der Waals surface area contributed by atoms with Gasteiger partial charge in [-0.15, -0.1) is 0 Å². The number of carbonyl (C=O) groups excluding carboxylic acids is 2. The van der Waals surface area contributed by atoms with Crippen LogP contribution < -0.4 is 10.1 Å². The number of nitrogens with one attached hydrogen (secondary N) is 1. The summed E-state index contributed by atoms with van der Waals surface area (Å²) < 4.78 is 11.5. The van der Waals surface area contributed by atoms with E-state index in [1.165, 1.54) is 0 Å².